The topological polar surface area (TPSA) is 46.6 Å². The Labute approximate surface area is 122 Å². The van der Waals surface area contributed by atoms with Crippen molar-refractivity contribution in [2.45, 2.75) is 37.3 Å². The second-order valence-corrected chi connectivity index (χ2v) is 7.72. The zero-order valence-corrected chi connectivity index (χ0v) is 13.7. The molecule has 2 atom stereocenters. The van der Waals surface area contributed by atoms with Gasteiger partial charge in [0.05, 0.1) is 17.0 Å². The third-order valence-corrected chi connectivity index (χ3v) is 6.38. The van der Waals surface area contributed by atoms with Crippen LogP contribution in [0.1, 0.15) is 18.9 Å². The maximum atomic E-state index is 12.6. The first-order chi connectivity index (χ1) is 8.84. The normalized spacial score (nSPS) is 24.1. The zero-order valence-electron chi connectivity index (χ0n) is 11.3. The van der Waals surface area contributed by atoms with Gasteiger partial charge >= 0.3 is 0 Å². The van der Waals surface area contributed by atoms with Crippen molar-refractivity contribution < 1.29 is 13.2 Å². The number of halogens is 1. The van der Waals surface area contributed by atoms with Crippen molar-refractivity contribution in [2.24, 2.45) is 0 Å². The van der Waals surface area contributed by atoms with Crippen LogP contribution >= 0.6 is 15.9 Å². The average Bonchev–Trinajstić information content (AvgIpc) is 2.77. The highest BCUT2D eigenvalue weighted by Crippen LogP contribution is 2.26. The standard InChI is InChI=1S/C13H18BrNO3S/c1-9-8-11(4-5-12(9)14)19(16,17)15(3)13-6-7-18-10(13)2/h4-5,8,10,13H,6-7H2,1-3H3. The molecule has 1 fully saturated rings. The number of aryl methyl sites for hydroxylation is 1. The molecule has 1 aliphatic heterocycles. The Morgan fingerprint density at radius 2 is 2.11 bits per heavy atom. The molecule has 1 aromatic carbocycles. The van der Waals surface area contributed by atoms with E-state index in [0.29, 0.717) is 11.5 Å². The molecule has 0 aliphatic carbocycles. The van der Waals surface area contributed by atoms with Gasteiger partial charge in [-0.15, -0.1) is 0 Å². The number of sulfonamides is 1. The summed E-state index contributed by atoms with van der Waals surface area (Å²) >= 11 is 3.38. The van der Waals surface area contributed by atoms with E-state index in [1.807, 2.05) is 13.8 Å². The number of likely N-dealkylation sites (N-methyl/N-ethyl adjacent to an activating group) is 1. The fourth-order valence-corrected chi connectivity index (χ4v) is 4.10. The molecule has 0 N–H and O–H groups in total. The highest BCUT2D eigenvalue weighted by atomic mass is 79.9. The molecule has 0 saturated carbocycles. The first kappa shape index (κ1) is 15.0. The highest BCUT2D eigenvalue weighted by molar-refractivity contribution is 9.10. The van der Waals surface area contributed by atoms with Gasteiger partial charge in [0.15, 0.2) is 0 Å². The molecule has 4 nitrogen and oxygen atoms in total. The predicted octanol–water partition coefficient (Wildman–Crippen LogP) is 2.56. The summed E-state index contributed by atoms with van der Waals surface area (Å²) in [6.07, 6.45) is 0.684. The molecule has 19 heavy (non-hydrogen) atoms. The number of benzene rings is 1. The molecule has 6 heteroatoms. The Kier molecular flexibility index (Phi) is 4.35. The molecule has 0 bridgehead atoms. The van der Waals surface area contributed by atoms with Gasteiger partial charge in [0.25, 0.3) is 0 Å². The van der Waals surface area contributed by atoms with Gasteiger partial charge in [-0.25, -0.2) is 8.42 Å². The predicted molar refractivity (Wildman–Crippen MR) is 77.6 cm³/mol. The van der Waals surface area contributed by atoms with Crippen LogP contribution in [0.5, 0.6) is 0 Å². The van der Waals surface area contributed by atoms with Crippen LogP contribution in [0.15, 0.2) is 27.6 Å². The number of hydrogen-bond donors (Lipinski definition) is 0. The highest BCUT2D eigenvalue weighted by Gasteiger charge is 2.35. The van der Waals surface area contributed by atoms with Crippen molar-refractivity contribution in [1.29, 1.82) is 0 Å². The van der Waals surface area contributed by atoms with Gasteiger partial charge in [0, 0.05) is 18.1 Å². The van der Waals surface area contributed by atoms with Crippen molar-refractivity contribution in [1.82, 2.24) is 4.31 Å². The Bertz CT molecular complexity index is 573. The quantitative estimate of drug-likeness (QED) is 0.844. The SMILES string of the molecule is Cc1cc(S(=O)(=O)N(C)C2CCOC2C)ccc1Br. The summed E-state index contributed by atoms with van der Waals surface area (Å²) in [5.74, 6) is 0. The summed E-state index contributed by atoms with van der Waals surface area (Å²) in [4.78, 5) is 0.329. The lowest BCUT2D eigenvalue weighted by Crippen LogP contribution is -2.40. The van der Waals surface area contributed by atoms with Crippen LogP contribution in [-0.2, 0) is 14.8 Å². The van der Waals surface area contributed by atoms with Gasteiger partial charge in [0.1, 0.15) is 0 Å². The van der Waals surface area contributed by atoms with Gasteiger partial charge in [0.2, 0.25) is 10.0 Å². The van der Waals surface area contributed by atoms with Crippen molar-refractivity contribution in [3.63, 3.8) is 0 Å². The fourth-order valence-electron chi connectivity index (χ4n) is 2.32. The summed E-state index contributed by atoms with van der Waals surface area (Å²) in [6, 6.07) is 5.00. The lowest BCUT2D eigenvalue weighted by atomic mass is 10.2. The molecule has 1 aromatic rings. The first-order valence-electron chi connectivity index (χ1n) is 6.20. The maximum absolute atomic E-state index is 12.6. The van der Waals surface area contributed by atoms with Gasteiger partial charge in [-0.3, -0.25) is 0 Å². The van der Waals surface area contributed by atoms with Gasteiger partial charge in [-0.1, -0.05) is 15.9 Å². The summed E-state index contributed by atoms with van der Waals surface area (Å²) in [7, 11) is -1.83. The Balaban J connectivity index is 2.33. The van der Waals surface area contributed by atoms with Crippen LogP contribution in [0, 0.1) is 6.92 Å². The third-order valence-electron chi connectivity index (χ3n) is 3.61. The van der Waals surface area contributed by atoms with E-state index in [4.69, 9.17) is 4.74 Å². The van der Waals surface area contributed by atoms with Gasteiger partial charge in [-0.2, -0.15) is 4.31 Å². The van der Waals surface area contributed by atoms with E-state index in [1.54, 1.807) is 25.2 Å². The summed E-state index contributed by atoms with van der Waals surface area (Å²) in [5, 5.41) is 0. The number of hydrogen-bond acceptors (Lipinski definition) is 3. The third kappa shape index (κ3) is 2.86. The molecule has 106 valence electrons. The molecular weight excluding hydrogens is 330 g/mol. The van der Waals surface area contributed by atoms with Crippen molar-refractivity contribution in [2.75, 3.05) is 13.7 Å². The lowest BCUT2D eigenvalue weighted by molar-refractivity contribution is 0.102. The molecular formula is C13H18BrNO3S. The van der Waals surface area contributed by atoms with E-state index in [0.717, 1.165) is 16.5 Å². The van der Waals surface area contributed by atoms with Crippen LogP contribution < -0.4 is 0 Å². The van der Waals surface area contributed by atoms with Gasteiger partial charge < -0.3 is 4.74 Å². The lowest BCUT2D eigenvalue weighted by Gasteiger charge is -2.26. The molecule has 1 aliphatic rings. The zero-order chi connectivity index (χ0) is 14.2. The summed E-state index contributed by atoms with van der Waals surface area (Å²) < 4.78 is 33.0. The molecule has 2 unspecified atom stereocenters. The van der Waals surface area contributed by atoms with Crippen LogP contribution in [0.2, 0.25) is 0 Å². The molecule has 0 spiro atoms. The van der Waals surface area contributed by atoms with Gasteiger partial charge in [-0.05, 0) is 44.0 Å². The number of rotatable bonds is 3. The van der Waals surface area contributed by atoms with E-state index in [-0.39, 0.29) is 12.1 Å². The minimum atomic E-state index is -3.46. The largest absolute Gasteiger partial charge is 0.377 e. The van der Waals surface area contributed by atoms with Crippen molar-refractivity contribution >= 4 is 26.0 Å². The average molecular weight is 348 g/mol. The molecule has 1 saturated heterocycles. The second-order valence-electron chi connectivity index (χ2n) is 4.86. The number of nitrogens with zero attached hydrogens (tertiary/aromatic N) is 1. The first-order valence-corrected chi connectivity index (χ1v) is 8.43. The Morgan fingerprint density at radius 3 is 2.63 bits per heavy atom. The monoisotopic (exact) mass is 347 g/mol. The van der Waals surface area contributed by atoms with E-state index >= 15 is 0 Å². The summed E-state index contributed by atoms with van der Waals surface area (Å²) in [5.41, 5.74) is 0.908. The van der Waals surface area contributed by atoms with Crippen LogP contribution in [0.3, 0.4) is 0 Å². The number of ether oxygens (including phenoxy) is 1. The van der Waals surface area contributed by atoms with E-state index in [1.165, 1.54) is 4.31 Å². The van der Waals surface area contributed by atoms with Crippen LogP contribution in [0.25, 0.3) is 0 Å². The molecule has 0 radical (unpaired) electrons. The van der Waals surface area contributed by atoms with Crippen LogP contribution in [-0.4, -0.2) is 38.5 Å². The molecule has 0 amide bonds. The van der Waals surface area contributed by atoms with E-state index in [9.17, 15) is 8.42 Å². The fraction of sp³-hybridized carbons (Fsp3) is 0.538. The van der Waals surface area contributed by atoms with Crippen LogP contribution in [0.4, 0.5) is 0 Å². The molecule has 1 heterocycles. The summed E-state index contributed by atoms with van der Waals surface area (Å²) in [6.45, 7) is 4.41. The minimum absolute atomic E-state index is 0.0590. The Morgan fingerprint density at radius 1 is 1.42 bits per heavy atom. The second kappa shape index (κ2) is 5.52. The minimum Gasteiger partial charge on any atom is -0.377 e. The smallest absolute Gasteiger partial charge is 0.243 e. The van der Waals surface area contributed by atoms with Crippen molar-refractivity contribution in [3.05, 3.63) is 28.2 Å². The van der Waals surface area contributed by atoms with E-state index < -0.39 is 10.0 Å². The Hall–Kier alpha value is -0.430. The molecule has 2 rings (SSSR count). The molecule has 0 aromatic heterocycles. The van der Waals surface area contributed by atoms with E-state index in [2.05, 4.69) is 15.9 Å². The maximum Gasteiger partial charge on any atom is 0.243 e. The van der Waals surface area contributed by atoms with Crippen molar-refractivity contribution in [3.8, 4) is 0 Å².